The summed E-state index contributed by atoms with van der Waals surface area (Å²) in [5, 5.41) is -0.00686. The molecule has 0 amide bonds. The molecule has 0 N–H and O–H groups in total. The van der Waals surface area contributed by atoms with Crippen LogP contribution in [0.15, 0.2) is 74.3 Å². The Balaban J connectivity index is 1.81. The van der Waals surface area contributed by atoms with Crippen LogP contribution in [0, 0.1) is 0 Å². The van der Waals surface area contributed by atoms with Crippen molar-refractivity contribution < 1.29 is 31.8 Å². The molecular weight excluding hydrogens is 517 g/mol. The van der Waals surface area contributed by atoms with Gasteiger partial charge in [-0.15, -0.1) is 0 Å². The average molecular weight is 535 g/mol. The van der Waals surface area contributed by atoms with Crippen molar-refractivity contribution in [1.29, 1.82) is 0 Å². The standard InChI is InChI=1S/C25H18BrF3O5/c1-31-19-9-6-15(11-21(19)32-2)22-23(30)18-8-7-17(12-20(18)34-24(22)25(27,28)29)33-13-14-4-3-5-16(26)10-14/h3-12H,13H2,1-2H3. The number of benzene rings is 3. The maximum absolute atomic E-state index is 14.0. The van der Waals surface area contributed by atoms with E-state index in [0.29, 0.717) is 5.75 Å². The molecular formula is C25H18BrF3O5. The van der Waals surface area contributed by atoms with Gasteiger partial charge in [0, 0.05) is 10.5 Å². The summed E-state index contributed by atoms with van der Waals surface area (Å²) in [6.07, 6.45) is -4.91. The van der Waals surface area contributed by atoms with Crippen LogP contribution in [0.5, 0.6) is 17.2 Å². The third-order valence-corrected chi connectivity index (χ3v) is 5.58. The number of alkyl halides is 3. The number of methoxy groups -OCH3 is 2. The van der Waals surface area contributed by atoms with Crippen molar-refractivity contribution in [3.05, 3.63) is 86.7 Å². The number of fused-ring (bicyclic) bond motifs is 1. The van der Waals surface area contributed by atoms with Gasteiger partial charge in [-0.2, -0.15) is 13.2 Å². The van der Waals surface area contributed by atoms with E-state index in [-0.39, 0.29) is 34.6 Å². The van der Waals surface area contributed by atoms with Crippen LogP contribution in [0.3, 0.4) is 0 Å². The number of rotatable bonds is 6. The van der Waals surface area contributed by atoms with E-state index in [4.69, 9.17) is 18.6 Å². The molecule has 3 aromatic carbocycles. The fourth-order valence-corrected chi connectivity index (χ4v) is 3.96. The van der Waals surface area contributed by atoms with Gasteiger partial charge < -0.3 is 18.6 Å². The first-order chi connectivity index (χ1) is 16.2. The fraction of sp³-hybridized carbons (Fsp3) is 0.160. The lowest BCUT2D eigenvalue weighted by atomic mass is 10.0. The van der Waals surface area contributed by atoms with Crippen LogP contribution in [0.4, 0.5) is 13.2 Å². The van der Waals surface area contributed by atoms with E-state index >= 15 is 0 Å². The Morgan fingerprint density at radius 1 is 0.941 bits per heavy atom. The van der Waals surface area contributed by atoms with E-state index in [1.54, 1.807) is 0 Å². The van der Waals surface area contributed by atoms with Crippen molar-refractivity contribution in [2.75, 3.05) is 14.2 Å². The molecule has 4 rings (SSSR count). The van der Waals surface area contributed by atoms with Crippen molar-refractivity contribution in [1.82, 2.24) is 0 Å². The van der Waals surface area contributed by atoms with Crippen molar-refractivity contribution in [2.45, 2.75) is 12.8 Å². The summed E-state index contributed by atoms with van der Waals surface area (Å²) in [4.78, 5) is 13.2. The molecule has 0 spiro atoms. The molecule has 4 aromatic rings. The zero-order valence-corrected chi connectivity index (χ0v) is 19.6. The molecule has 0 aliphatic rings. The molecule has 0 aliphatic heterocycles. The molecule has 1 aromatic heterocycles. The number of halogens is 4. The minimum Gasteiger partial charge on any atom is -0.493 e. The summed E-state index contributed by atoms with van der Waals surface area (Å²) in [7, 11) is 2.75. The van der Waals surface area contributed by atoms with Crippen molar-refractivity contribution >= 4 is 26.9 Å². The molecule has 0 atom stereocenters. The average Bonchev–Trinajstić information content (AvgIpc) is 2.81. The van der Waals surface area contributed by atoms with Crippen molar-refractivity contribution in [3.63, 3.8) is 0 Å². The summed E-state index contributed by atoms with van der Waals surface area (Å²) < 4.78 is 64.0. The first kappa shape index (κ1) is 23.7. The van der Waals surface area contributed by atoms with Crippen LogP contribution in [-0.2, 0) is 12.8 Å². The first-order valence-corrected chi connectivity index (χ1v) is 10.8. The zero-order chi connectivity index (χ0) is 24.5. The lowest BCUT2D eigenvalue weighted by molar-refractivity contribution is -0.152. The highest BCUT2D eigenvalue weighted by Crippen LogP contribution is 2.40. The molecule has 0 fully saturated rings. The predicted octanol–water partition coefficient (Wildman–Crippen LogP) is 6.84. The minimum absolute atomic E-state index is 0.00407. The molecule has 0 bridgehead atoms. The van der Waals surface area contributed by atoms with Gasteiger partial charge in [-0.25, -0.2) is 0 Å². The van der Waals surface area contributed by atoms with E-state index < -0.39 is 22.9 Å². The summed E-state index contributed by atoms with van der Waals surface area (Å²) in [5.41, 5.74) is -0.803. The molecule has 0 unspecified atom stereocenters. The van der Waals surface area contributed by atoms with E-state index in [1.807, 2.05) is 24.3 Å². The monoisotopic (exact) mass is 534 g/mol. The Hall–Kier alpha value is -3.46. The van der Waals surface area contributed by atoms with Gasteiger partial charge >= 0.3 is 6.18 Å². The largest absolute Gasteiger partial charge is 0.493 e. The highest BCUT2D eigenvalue weighted by molar-refractivity contribution is 9.10. The number of ether oxygens (including phenoxy) is 3. The van der Waals surface area contributed by atoms with Crippen LogP contribution >= 0.6 is 15.9 Å². The molecule has 0 saturated carbocycles. The summed E-state index contributed by atoms with van der Waals surface area (Å²) >= 11 is 3.37. The minimum atomic E-state index is -4.91. The van der Waals surface area contributed by atoms with Crippen LogP contribution in [0.2, 0.25) is 0 Å². The maximum Gasteiger partial charge on any atom is 0.450 e. The van der Waals surface area contributed by atoms with Gasteiger partial charge in [0.2, 0.25) is 11.2 Å². The summed E-state index contributed by atoms with van der Waals surface area (Å²) in [6, 6.07) is 15.7. The molecule has 0 saturated heterocycles. The normalized spacial score (nSPS) is 11.5. The third-order valence-electron chi connectivity index (χ3n) is 5.09. The third kappa shape index (κ3) is 4.75. The Bertz CT molecular complexity index is 1410. The Labute approximate surface area is 200 Å². The predicted molar refractivity (Wildman–Crippen MR) is 125 cm³/mol. The van der Waals surface area contributed by atoms with Gasteiger partial charge in [-0.05, 0) is 47.5 Å². The van der Waals surface area contributed by atoms with Gasteiger partial charge in [0.1, 0.15) is 17.9 Å². The Morgan fingerprint density at radius 2 is 1.71 bits per heavy atom. The topological polar surface area (TPSA) is 57.9 Å². The second-order valence-corrected chi connectivity index (χ2v) is 8.20. The zero-order valence-electron chi connectivity index (χ0n) is 18.0. The molecule has 176 valence electrons. The highest BCUT2D eigenvalue weighted by Gasteiger charge is 2.39. The first-order valence-electron chi connectivity index (χ1n) is 9.99. The van der Waals surface area contributed by atoms with Gasteiger partial charge in [-0.3, -0.25) is 4.79 Å². The van der Waals surface area contributed by atoms with Gasteiger partial charge in [0.15, 0.2) is 11.5 Å². The summed E-state index contributed by atoms with van der Waals surface area (Å²) in [6.45, 7) is 0.186. The maximum atomic E-state index is 14.0. The number of hydrogen-bond acceptors (Lipinski definition) is 5. The SMILES string of the molecule is COc1ccc(-c2c(C(F)(F)F)oc3cc(OCc4cccc(Br)c4)ccc3c2=O)cc1OC. The summed E-state index contributed by atoms with van der Waals surface area (Å²) in [5.74, 6) is -0.634. The lowest BCUT2D eigenvalue weighted by Crippen LogP contribution is -2.16. The quantitative estimate of drug-likeness (QED) is 0.271. The van der Waals surface area contributed by atoms with Crippen LogP contribution < -0.4 is 19.6 Å². The van der Waals surface area contributed by atoms with E-state index in [0.717, 1.165) is 10.0 Å². The fourth-order valence-electron chi connectivity index (χ4n) is 3.51. The lowest BCUT2D eigenvalue weighted by Gasteiger charge is -2.15. The van der Waals surface area contributed by atoms with Crippen LogP contribution in [0.25, 0.3) is 22.1 Å². The second-order valence-electron chi connectivity index (χ2n) is 7.28. The van der Waals surface area contributed by atoms with Gasteiger partial charge in [0.05, 0.1) is 25.2 Å². The van der Waals surface area contributed by atoms with E-state index in [9.17, 15) is 18.0 Å². The van der Waals surface area contributed by atoms with Crippen molar-refractivity contribution in [2.24, 2.45) is 0 Å². The van der Waals surface area contributed by atoms with Gasteiger partial charge in [0.25, 0.3) is 0 Å². The Kier molecular flexibility index (Phi) is 6.56. The molecule has 1 heterocycles. The molecule has 0 radical (unpaired) electrons. The highest BCUT2D eigenvalue weighted by atomic mass is 79.9. The van der Waals surface area contributed by atoms with Crippen LogP contribution in [0.1, 0.15) is 11.3 Å². The molecule has 5 nitrogen and oxygen atoms in total. The molecule has 34 heavy (non-hydrogen) atoms. The van der Waals surface area contributed by atoms with Gasteiger partial charge in [-0.1, -0.05) is 34.1 Å². The van der Waals surface area contributed by atoms with Crippen molar-refractivity contribution in [3.8, 4) is 28.4 Å². The number of hydrogen-bond donors (Lipinski definition) is 0. The molecule has 0 aliphatic carbocycles. The van der Waals surface area contributed by atoms with E-state index in [2.05, 4.69) is 15.9 Å². The van der Waals surface area contributed by atoms with Crippen LogP contribution in [-0.4, -0.2) is 14.2 Å². The smallest absolute Gasteiger partial charge is 0.450 e. The van der Waals surface area contributed by atoms with E-state index in [1.165, 1.54) is 50.6 Å². The molecule has 9 heteroatoms. The Morgan fingerprint density at radius 3 is 2.38 bits per heavy atom. The second kappa shape index (κ2) is 9.42.